The lowest BCUT2D eigenvalue weighted by atomic mass is 10.1. The largest absolute Gasteiger partial charge is 0.508 e. The molecule has 0 aliphatic rings. The third kappa shape index (κ3) is 4.31. The smallest absolute Gasteiger partial charge is 0.265 e. The maximum Gasteiger partial charge on any atom is 0.265 e. The minimum Gasteiger partial charge on any atom is -0.508 e. The highest BCUT2D eigenvalue weighted by Gasteiger charge is 2.07. The minimum atomic E-state index is -0.198. The van der Waals surface area contributed by atoms with Crippen LogP contribution in [0.4, 0.5) is 0 Å². The van der Waals surface area contributed by atoms with E-state index in [4.69, 9.17) is 0 Å². The topological polar surface area (TPSA) is 61.4 Å². The Morgan fingerprint density at radius 3 is 2.48 bits per heavy atom. The minimum absolute atomic E-state index is 0.186. The van der Waals surface area contributed by atoms with Gasteiger partial charge in [-0.1, -0.05) is 33.1 Å². The lowest BCUT2D eigenvalue weighted by molar-refractivity contribution is 0.0932. The lowest BCUT2D eigenvalue weighted by Gasteiger charge is -2.10. The molecule has 0 unspecified atom stereocenters. The zero-order valence-corrected chi connectivity index (χ0v) is 13.5. The van der Waals surface area contributed by atoms with E-state index in [9.17, 15) is 9.90 Å². The van der Waals surface area contributed by atoms with Crippen LogP contribution in [0.5, 0.6) is 5.75 Å². The Bertz CT molecular complexity index is 651. The molecule has 0 saturated carbocycles. The van der Waals surface area contributed by atoms with Gasteiger partial charge in [0.15, 0.2) is 0 Å². The Hall–Kier alpha value is -1.85. The van der Waals surface area contributed by atoms with Gasteiger partial charge in [0.1, 0.15) is 5.75 Å². The van der Waals surface area contributed by atoms with Gasteiger partial charge in [-0.2, -0.15) is 0 Å². The number of phenols is 1. The van der Waals surface area contributed by atoms with Gasteiger partial charge in [-0.3, -0.25) is 10.2 Å². The number of carbonyl (C=O) groups excluding carboxylic acids is 1. The Labute approximate surface area is 132 Å². The fraction of sp³-hybridized carbons (Fsp3) is 0.188. The predicted octanol–water partition coefficient (Wildman–Crippen LogP) is 3.21. The molecule has 0 fully saturated rings. The first kappa shape index (κ1) is 15.5. The monoisotopic (exact) mass is 348 g/mol. The van der Waals surface area contributed by atoms with Crippen molar-refractivity contribution >= 4 is 21.8 Å². The van der Waals surface area contributed by atoms with E-state index in [1.807, 2.05) is 32.0 Å². The summed E-state index contributed by atoms with van der Waals surface area (Å²) in [4.78, 5) is 12.0. The van der Waals surface area contributed by atoms with E-state index in [2.05, 4.69) is 26.8 Å². The molecule has 0 bridgehead atoms. The number of amides is 1. The first-order valence-corrected chi connectivity index (χ1v) is 7.34. The van der Waals surface area contributed by atoms with Gasteiger partial charge in [-0.25, -0.2) is 5.43 Å². The zero-order valence-electron chi connectivity index (χ0n) is 11.9. The van der Waals surface area contributed by atoms with Gasteiger partial charge in [0, 0.05) is 22.1 Å². The molecule has 0 aliphatic carbocycles. The van der Waals surface area contributed by atoms with E-state index >= 15 is 0 Å². The van der Waals surface area contributed by atoms with Gasteiger partial charge in [0.05, 0.1) is 0 Å². The Morgan fingerprint density at radius 2 is 1.81 bits per heavy atom. The summed E-state index contributed by atoms with van der Waals surface area (Å²) < 4.78 is 0.873. The van der Waals surface area contributed by atoms with E-state index < -0.39 is 0 Å². The maximum atomic E-state index is 12.0. The van der Waals surface area contributed by atoms with Crippen molar-refractivity contribution in [2.75, 3.05) is 0 Å². The summed E-state index contributed by atoms with van der Waals surface area (Å²) in [6.45, 7) is 4.25. The third-order valence-electron chi connectivity index (χ3n) is 3.01. The average Bonchev–Trinajstić information content (AvgIpc) is 2.41. The van der Waals surface area contributed by atoms with Crippen LogP contribution in [0.15, 0.2) is 40.9 Å². The highest BCUT2D eigenvalue weighted by Crippen LogP contribution is 2.21. The SMILES string of the molecule is Cc1cc(C)cc(C(=O)NNCc2cc(Br)ccc2O)c1. The number of aromatic hydroxyl groups is 1. The first-order valence-electron chi connectivity index (χ1n) is 6.54. The van der Waals surface area contributed by atoms with Crippen molar-refractivity contribution in [2.24, 2.45) is 0 Å². The average molecular weight is 349 g/mol. The summed E-state index contributed by atoms with van der Waals surface area (Å²) >= 11 is 3.34. The highest BCUT2D eigenvalue weighted by molar-refractivity contribution is 9.10. The van der Waals surface area contributed by atoms with Crippen molar-refractivity contribution in [3.63, 3.8) is 0 Å². The summed E-state index contributed by atoms with van der Waals surface area (Å²) in [5.41, 5.74) is 8.86. The van der Waals surface area contributed by atoms with Crippen molar-refractivity contribution in [1.82, 2.24) is 10.9 Å². The van der Waals surface area contributed by atoms with E-state index in [0.29, 0.717) is 17.7 Å². The lowest BCUT2D eigenvalue weighted by Crippen LogP contribution is -2.36. The van der Waals surface area contributed by atoms with Gasteiger partial charge in [0.25, 0.3) is 5.91 Å². The normalized spacial score (nSPS) is 10.4. The number of benzene rings is 2. The van der Waals surface area contributed by atoms with Gasteiger partial charge in [-0.15, -0.1) is 0 Å². The molecular weight excluding hydrogens is 332 g/mol. The quantitative estimate of drug-likeness (QED) is 0.743. The molecule has 0 aliphatic heterocycles. The number of rotatable bonds is 4. The van der Waals surface area contributed by atoms with Gasteiger partial charge >= 0.3 is 0 Å². The number of hydrazine groups is 1. The molecule has 2 aromatic carbocycles. The van der Waals surface area contributed by atoms with Crippen LogP contribution >= 0.6 is 15.9 Å². The Kier molecular flexibility index (Phi) is 4.98. The third-order valence-corrected chi connectivity index (χ3v) is 3.50. The van der Waals surface area contributed by atoms with Crippen LogP contribution in [-0.2, 0) is 6.54 Å². The second-order valence-corrected chi connectivity index (χ2v) is 5.87. The van der Waals surface area contributed by atoms with E-state index in [-0.39, 0.29) is 11.7 Å². The zero-order chi connectivity index (χ0) is 15.4. The number of halogens is 1. The van der Waals surface area contributed by atoms with Crippen LogP contribution in [0.2, 0.25) is 0 Å². The van der Waals surface area contributed by atoms with Crippen LogP contribution in [0, 0.1) is 13.8 Å². The summed E-state index contributed by atoms with van der Waals surface area (Å²) in [6.07, 6.45) is 0. The number of carbonyl (C=O) groups is 1. The Balaban J connectivity index is 1.96. The van der Waals surface area contributed by atoms with Gasteiger partial charge in [0.2, 0.25) is 0 Å². The predicted molar refractivity (Wildman–Crippen MR) is 86.0 cm³/mol. The maximum absolute atomic E-state index is 12.0. The van der Waals surface area contributed by atoms with Crippen molar-refractivity contribution < 1.29 is 9.90 Å². The fourth-order valence-electron chi connectivity index (χ4n) is 2.09. The molecular formula is C16H17BrN2O2. The molecule has 1 amide bonds. The van der Waals surface area contributed by atoms with Gasteiger partial charge in [-0.05, 0) is 44.2 Å². The van der Waals surface area contributed by atoms with Crippen LogP contribution in [0.25, 0.3) is 0 Å². The van der Waals surface area contributed by atoms with Crippen molar-refractivity contribution in [1.29, 1.82) is 0 Å². The summed E-state index contributed by atoms with van der Waals surface area (Å²) in [5.74, 6) is -0.0114. The van der Waals surface area contributed by atoms with Gasteiger partial charge < -0.3 is 5.11 Å². The van der Waals surface area contributed by atoms with Crippen molar-refractivity contribution in [3.05, 3.63) is 63.1 Å². The van der Waals surface area contributed by atoms with E-state index in [0.717, 1.165) is 15.6 Å². The van der Waals surface area contributed by atoms with Crippen LogP contribution in [-0.4, -0.2) is 11.0 Å². The highest BCUT2D eigenvalue weighted by atomic mass is 79.9. The van der Waals surface area contributed by atoms with Crippen LogP contribution in [0.1, 0.15) is 27.0 Å². The summed E-state index contributed by atoms with van der Waals surface area (Å²) in [5, 5.41) is 9.72. The Morgan fingerprint density at radius 1 is 1.14 bits per heavy atom. The molecule has 3 N–H and O–H groups in total. The second-order valence-electron chi connectivity index (χ2n) is 4.96. The standard InChI is InChI=1S/C16H17BrN2O2/c1-10-5-11(2)7-12(6-10)16(21)19-18-9-13-8-14(17)3-4-15(13)20/h3-8,18,20H,9H2,1-2H3,(H,19,21). The molecule has 0 saturated heterocycles. The number of hydrogen-bond donors (Lipinski definition) is 3. The molecule has 4 nitrogen and oxygen atoms in total. The molecule has 0 atom stereocenters. The molecule has 110 valence electrons. The van der Waals surface area contributed by atoms with Crippen LogP contribution in [0.3, 0.4) is 0 Å². The number of nitrogens with one attached hydrogen (secondary N) is 2. The van der Waals surface area contributed by atoms with E-state index in [1.165, 1.54) is 0 Å². The fourth-order valence-corrected chi connectivity index (χ4v) is 2.50. The molecule has 2 rings (SSSR count). The molecule has 0 heterocycles. The molecule has 0 aromatic heterocycles. The molecule has 0 spiro atoms. The van der Waals surface area contributed by atoms with Crippen molar-refractivity contribution in [2.45, 2.75) is 20.4 Å². The molecule has 21 heavy (non-hydrogen) atoms. The second kappa shape index (κ2) is 6.74. The van der Waals surface area contributed by atoms with E-state index in [1.54, 1.807) is 18.2 Å². The summed E-state index contributed by atoms with van der Waals surface area (Å²) in [6, 6.07) is 10.8. The molecule has 0 radical (unpaired) electrons. The summed E-state index contributed by atoms with van der Waals surface area (Å²) in [7, 11) is 0. The number of aryl methyl sites for hydroxylation is 2. The number of phenolic OH excluding ortho intramolecular Hbond substituents is 1. The first-order chi connectivity index (χ1) is 9.95. The van der Waals surface area contributed by atoms with Crippen LogP contribution < -0.4 is 10.9 Å². The number of hydrogen-bond acceptors (Lipinski definition) is 3. The molecule has 2 aromatic rings. The van der Waals surface area contributed by atoms with Crippen molar-refractivity contribution in [3.8, 4) is 5.75 Å². The molecule has 5 heteroatoms.